The van der Waals surface area contributed by atoms with Crippen LogP contribution in [0.4, 0.5) is 0 Å². The summed E-state index contributed by atoms with van der Waals surface area (Å²) in [6.07, 6.45) is 1.24. The van der Waals surface area contributed by atoms with Crippen molar-refractivity contribution in [2.24, 2.45) is 0 Å². The zero-order chi connectivity index (χ0) is 14.4. The van der Waals surface area contributed by atoms with Gasteiger partial charge in [-0.1, -0.05) is 55.5 Å². The minimum absolute atomic E-state index is 0.592. The molecule has 0 radical (unpaired) electrons. The molecule has 0 aliphatic carbocycles. The molecule has 1 unspecified atom stereocenters. The maximum absolute atomic E-state index is 11.1. The first-order chi connectivity index (χ1) is 9.69. The predicted molar refractivity (Wildman–Crippen MR) is 81.9 cm³/mol. The Morgan fingerprint density at radius 2 is 1.60 bits per heavy atom. The van der Waals surface area contributed by atoms with Crippen molar-refractivity contribution in [1.82, 2.24) is 0 Å². The van der Waals surface area contributed by atoms with Crippen LogP contribution in [0.2, 0.25) is 0 Å². The normalized spacial score (nSPS) is 13.8. The quantitative estimate of drug-likeness (QED) is 0.862. The van der Waals surface area contributed by atoms with Crippen LogP contribution in [-0.2, 0) is 12.0 Å². The van der Waals surface area contributed by atoms with Crippen LogP contribution >= 0.6 is 0 Å². The van der Waals surface area contributed by atoms with E-state index in [-0.39, 0.29) is 0 Å². The van der Waals surface area contributed by atoms with Gasteiger partial charge in [0.2, 0.25) is 0 Å². The fourth-order valence-corrected chi connectivity index (χ4v) is 2.48. The van der Waals surface area contributed by atoms with Crippen LogP contribution in [0.1, 0.15) is 31.4 Å². The smallest absolute Gasteiger partial charge is 0.125 e. The van der Waals surface area contributed by atoms with E-state index in [9.17, 15) is 5.11 Å². The van der Waals surface area contributed by atoms with Crippen molar-refractivity contribution in [1.29, 1.82) is 0 Å². The molecular weight excluding hydrogens is 248 g/mol. The molecule has 0 aliphatic heterocycles. The maximum atomic E-state index is 11.1. The van der Waals surface area contributed by atoms with Crippen molar-refractivity contribution in [3.05, 3.63) is 65.7 Å². The molecule has 0 aromatic heterocycles. The van der Waals surface area contributed by atoms with E-state index in [0.29, 0.717) is 19.4 Å². The number of rotatable bonds is 6. The van der Waals surface area contributed by atoms with E-state index >= 15 is 0 Å². The minimum atomic E-state index is -0.896. The highest BCUT2D eigenvalue weighted by atomic mass is 16.5. The van der Waals surface area contributed by atoms with E-state index in [1.165, 1.54) is 0 Å². The summed E-state index contributed by atoms with van der Waals surface area (Å²) in [6, 6.07) is 17.8. The van der Waals surface area contributed by atoms with Gasteiger partial charge in [-0.25, -0.2) is 0 Å². The van der Waals surface area contributed by atoms with E-state index in [4.69, 9.17) is 4.74 Å². The van der Waals surface area contributed by atoms with Gasteiger partial charge in [-0.2, -0.15) is 0 Å². The molecule has 2 nitrogen and oxygen atoms in total. The average molecular weight is 270 g/mol. The lowest BCUT2D eigenvalue weighted by atomic mass is 9.84. The summed E-state index contributed by atoms with van der Waals surface area (Å²) in [6.45, 7) is 4.56. The van der Waals surface area contributed by atoms with Crippen LogP contribution < -0.4 is 4.74 Å². The van der Waals surface area contributed by atoms with Gasteiger partial charge in [0.25, 0.3) is 0 Å². The lowest BCUT2D eigenvalue weighted by molar-refractivity contribution is 0.0299. The molecule has 20 heavy (non-hydrogen) atoms. The molecule has 0 spiro atoms. The van der Waals surface area contributed by atoms with E-state index in [2.05, 4.69) is 0 Å². The van der Waals surface area contributed by atoms with Gasteiger partial charge in [0.15, 0.2) is 0 Å². The van der Waals surface area contributed by atoms with Gasteiger partial charge < -0.3 is 9.84 Å². The molecule has 0 heterocycles. The third-order valence-electron chi connectivity index (χ3n) is 3.61. The second kappa shape index (κ2) is 6.58. The van der Waals surface area contributed by atoms with E-state index in [0.717, 1.165) is 16.9 Å². The summed E-state index contributed by atoms with van der Waals surface area (Å²) in [5.41, 5.74) is 1.10. The Labute approximate surface area is 121 Å². The molecule has 0 amide bonds. The molecule has 1 N–H and O–H groups in total. The summed E-state index contributed by atoms with van der Waals surface area (Å²) in [5.74, 6) is 0.773. The molecule has 2 aromatic carbocycles. The molecule has 2 aromatic rings. The molecule has 0 saturated heterocycles. The van der Waals surface area contributed by atoms with Crippen LogP contribution in [0.3, 0.4) is 0 Å². The zero-order valence-corrected chi connectivity index (χ0v) is 12.2. The number of aliphatic hydroxyl groups is 1. The van der Waals surface area contributed by atoms with Crippen LogP contribution in [0.5, 0.6) is 5.75 Å². The third kappa shape index (κ3) is 3.20. The van der Waals surface area contributed by atoms with Crippen molar-refractivity contribution in [3.63, 3.8) is 0 Å². The summed E-state index contributed by atoms with van der Waals surface area (Å²) in [4.78, 5) is 0. The summed E-state index contributed by atoms with van der Waals surface area (Å²) in [7, 11) is 0. The Hall–Kier alpha value is -1.80. The summed E-state index contributed by atoms with van der Waals surface area (Å²) in [5, 5.41) is 11.1. The Kier molecular flexibility index (Phi) is 4.80. The maximum Gasteiger partial charge on any atom is 0.125 e. The summed E-state index contributed by atoms with van der Waals surface area (Å²) >= 11 is 0. The fraction of sp³-hybridized carbons (Fsp3) is 0.333. The molecule has 106 valence electrons. The lowest BCUT2D eigenvalue weighted by Crippen LogP contribution is -2.28. The highest BCUT2D eigenvalue weighted by Gasteiger charge is 2.30. The van der Waals surface area contributed by atoms with Crippen LogP contribution in [0.15, 0.2) is 54.6 Å². The Morgan fingerprint density at radius 1 is 0.950 bits per heavy atom. The molecule has 2 heteroatoms. The molecule has 0 bridgehead atoms. The number of para-hydroxylation sites is 1. The molecule has 1 atom stereocenters. The Morgan fingerprint density at radius 3 is 2.25 bits per heavy atom. The van der Waals surface area contributed by atoms with E-state index in [1.54, 1.807) is 0 Å². The van der Waals surface area contributed by atoms with Crippen molar-refractivity contribution in [2.45, 2.75) is 32.3 Å². The van der Waals surface area contributed by atoms with Crippen LogP contribution in [0.25, 0.3) is 0 Å². The number of benzene rings is 2. The first kappa shape index (κ1) is 14.6. The van der Waals surface area contributed by atoms with E-state index < -0.39 is 5.60 Å². The van der Waals surface area contributed by atoms with Crippen LogP contribution in [-0.4, -0.2) is 11.7 Å². The SMILES string of the molecule is CCOc1ccccc1C(O)(CC)Cc1ccccc1. The van der Waals surface area contributed by atoms with Gasteiger partial charge in [0.05, 0.1) is 12.2 Å². The van der Waals surface area contributed by atoms with Gasteiger partial charge >= 0.3 is 0 Å². The molecule has 0 aliphatic rings. The van der Waals surface area contributed by atoms with Gasteiger partial charge in [-0.3, -0.25) is 0 Å². The highest BCUT2D eigenvalue weighted by molar-refractivity contribution is 5.39. The standard InChI is InChI=1S/C18H22O2/c1-3-18(19,14-15-10-6-5-7-11-15)16-12-8-9-13-17(16)20-4-2/h5-13,19H,3-4,14H2,1-2H3. The van der Waals surface area contributed by atoms with Gasteiger partial charge in [-0.05, 0) is 25.0 Å². The van der Waals surface area contributed by atoms with Gasteiger partial charge in [-0.15, -0.1) is 0 Å². The zero-order valence-electron chi connectivity index (χ0n) is 12.2. The second-order valence-electron chi connectivity index (χ2n) is 4.98. The lowest BCUT2D eigenvalue weighted by Gasteiger charge is -2.29. The largest absolute Gasteiger partial charge is 0.493 e. The number of hydrogen-bond donors (Lipinski definition) is 1. The molecule has 2 rings (SSSR count). The Bertz CT molecular complexity index is 536. The minimum Gasteiger partial charge on any atom is -0.493 e. The van der Waals surface area contributed by atoms with Gasteiger partial charge in [0.1, 0.15) is 5.75 Å². The first-order valence-electron chi connectivity index (χ1n) is 7.18. The van der Waals surface area contributed by atoms with Crippen molar-refractivity contribution in [2.75, 3.05) is 6.61 Å². The average Bonchev–Trinajstić information content (AvgIpc) is 2.49. The van der Waals surface area contributed by atoms with E-state index in [1.807, 2.05) is 68.4 Å². The van der Waals surface area contributed by atoms with Crippen molar-refractivity contribution < 1.29 is 9.84 Å². The third-order valence-corrected chi connectivity index (χ3v) is 3.61. The van der Waals surface area contributed by atoms with Gasteiger partial charge in [0, 0.05) is 12.0 Å². The molecule has 0 fully saturated rings. The topological polar surface area (TPSA) is 29.5 Å². The second-order valence-corrected chi connectivity index (χ2v) is 4.98. The number of hydrogen-bond acceptors (Lipinski definition) is 2. The summed E-state index contributed by atoms with van der Waals surface area (Å²) < 4.78 is 5.66. The predicted octanol–water partition coefficient (Wildman–Crippen LogP) is 3.93. The van der Waals surface area contributed by atoms with Crippen molar-refractivity contribution in [3.8, 4) is 5.75 Å². The fourth-order valence-electron chi connectivity index (χ4n) is 2.48. The highest BCUT2D eigenvalue weighted by Crippen LogP contribution is 2.35. The molecular formula is C18H22O2. The monoisotopic (exact) mass is 270 g/mol. The number of ether oxygens (including phenoxy) is 1. The molecule has 0 saturated carbocycles. The Balaban J connectivity index is 2.35. The van der Waals surface area contributed by atoms with Crippen molar-refractivity contribution >= 4 is 0 Å². The van der Waals surface area contributed by atoms with Crippen LogP contribution in [0, 0.1) is 0 Å². The first-order valence-corrected chi connectivity index (χ1v) is 7.18.